The van der Waals surface area contributed by atoms with Gasteiger partial charge in [-0.2, -0.15) is 0 Å². The third-order valence-corrected chi connectivity index (χ3v) is 5.25. The van der Waals surface area contributed by atoms with Gasteiger partial charge in [0.25, 0.3) is 0 Å². The number of rotatable bonds is 3. The molecule has 1 unspecified atom stereocenters. The van der Waals surface area contributed by atoms with Gasteiger partial charge in [-0.3, -0.25) is 4.79 Å². The van der Waals surface area contributed by atoms with E-state index in [0.717, 1.165) is 6.42 Å². The fourth-order valence-corrected chi connectivity index (χ4v) is 3.76. The molecule has 2 saturated heterocycles. The number of ether oxygens (including phenoxy) is 1. The summed E-state index contributed by atoms with van der Waals surface area (Å²) in [7, 11) is -2.93. The van der Waals surface area contributed by atoms with Crippen molar-refractivity contribution >= 4 is 15.7 Å². The summed E-state index contributed by atoms with van der Waals surface area (Å²) in [5.41, 5.74) is -0.410. The maximum atomic E-state index is 12.0. The molecule has 2 fully saturated rings. The van der Waals surface area contributed by atoms with Crippen molar-refractivity contribution in [3.8, 4) is 0 Å². The summed E-state index contributed by atoms with van der Waals surface area (Å²) < 4.78 is 27.6. The molecule has 5 nitrogen and oxygen atoms in total. The zero-order valence-corrected chi connectivity index (χ0v) is 10.2. The fraction of sp³-hybridized carbons (Fsp3) is 0.900. The molecule has 2 aliphatic heterocycles. The molecular formula is C10H17NO4S. The molecule has 0 radical (unpaired) electrons. The van der Waals surface area contributed by atoms with Gasteiger partial charge in [-0.05, 0) is 12.8 Å². The first-order chi connectivity index (χ1) is 7.47. The van der Waals surface area contributed by atoms with Crippen molar-refractivity contribution in [3.05, 3.63) is 0 Å². The number of hydrogen-bond acceptors (Lipinski definition) is 4. The first-order valence-corrected chi connectivity index (χ1v) is 7.39. The van der Waals surface area contributed by atoms with Gasteiger partial charge < -0.3 is 10.1 Å². The Hall–Kier alpha value is -0.620. The van der Waals surface area contributed by atoms with E-state index in [1.807, 2.05) is 6.92 Å². The van der Waals surface area contributed by atoms with Gasteiger partial charge in [-0.1, -0.05) is 6.92 Å². The Morgan fingerprint density at radius 3 is 2.56 bits per heavy atom. The zero-order valence-electron chi connectivity index (χ0n) is 9.36. The van der Waals surface area contributed by atoms with Crippen LogP contribution in [-0.4, -0.2) is 45.1 Å². The van der Waals surface area contributed by atoms with Gasteiger partial charge in [0.1, 0.15) is 0 Å². The first-order valence-electron chi connectivity index (χ1n) is 5.57. The molecule has 1 N–H and O–H groups in total. The minimum atomic E-state index is -2.93. The molecule has 0 aromatic carbocycles. The topological polar surface area (TPSA) is 72.5 Å². The van der Waals surface area contributed by atoms with Gasteiger partial charge in [-0.15, -0.1) is 0 Å². The van der Waals surface area contributed by atoms with Crippen molar-refractivity contribution in [3.63, 3.8) is 0 Å². The average Bonchev–Trinajstić information content (AvgIpc) is 2.44. The lowest BCUT2D eigenvalue weighted by Crippen LogP contribution is -2.55. The molecule has 1 atom stereocenters. The van der Waals surface area contributed by atoms with Crippen LogP contribution in [0, 0.1) is 5.41 Å². The van der Waals surface area contributed by atoms with Crippen molar-refractivity contribution in [2.45, 2.75) is 25.8 Å². The predicted molar refractivity (Wildman–Crippen MR) is 58.7 cm³/mol. The van der Waals surface area contributed by atoms with Crippen LogP contribution in [0.4, 0.5) is 0 Å². The van der Waals surface area contributed by atoms with Crippen molar-refractivity contribution in [2.24, 2.45) is 5.41 Å². The standard InChI is InChI=1S/C10H17NO4S/c1-2-10(6-15-7-10)9(12)11-8-3-4-16(13,14)5-8/h8H,2-7H2,1H3,(H,11,12). The molecule has 16 heavy (non-hydrogen) atoms. The van der Waals surface area contributed by atoms with Gasteiger partial charge in [-0.25, -0.2) is 8.42 Å². The molecule has 2 rings (SSSR count). The number of nitrogens with one attached hydrogen (secondary N) is 1. The van der Waals surface area contributed by atoms with E-state index in [1.165, 1.54) is 0 Å². The van der Waals surface area contributed by atoms with Gasteiger partial charge in [0, 0.05) is 6.04 Å². The van der Waals surface area contributed by atoms with Crippen LogP contribution >= 0.6 is 0 Å². The lowest BCUT2D eigenvalue weighted by molar-refractivity contribution is -0.162. The third-order valence-electron chi connectivity index (χ3n) is 3.48. The first kappa shape index (κ1) is 11.9. The van der Waals surface area contributed by atoms with Crippen LogP contribution in [-0.2, 0) is 19.4 Å². The van der Waals surface area contributed by atoms with Gasteiger partial charge in [0.2, 0.25) is 5.91 Å². The Bertz CT molecular complexity index is 380. The van der Waals surface area contributed by atoms with Crippen molar-refractivity contribution in [2.75, 3.05) is 24.7 Å². The SMILES string of the molecule is CCC1(C(=O)NC2CCS(=O)(=O)C2)COC1. The van der Waals surface area contributed by atoms with Crippen LogP contribution in [0.25, 0.3) is 0 Å². The predicted octanol–water partition coefficient (Wildman–Crippen LogP) is -0.284. The largest absolute Gasteiger partial charge is 0.379 e. The highest BCUT2D eigenvalue weighted by Crippen LogP contribution is 2.31. The highest BCUT2D eigenvalue weighted by atomic mass is 32.2. The Labute approximate surface area is 95.5 Å². The molecule has 0 aromatic rings. The molecule has 0 aromatic heterocycles. The van der Waals surface area contributed by atoms with Crippen LogP contribution in [0.3, 0.4) is 0 Å². The lowest BCUT2D eigenvalue weighted by atomic mass is 9.82. The minimum absolute atomic E-state index is 0.0525. The molecule has 0 spiro atoms. The second-order valence-corrected chi connectivity index (χ2v) is 6.93. The molecule has 0 aliphatic carbocycles. The van der Waals surface area contributed by atoms with Gasteiger partial charge in [0.15, 0.2) is 9.84 Å². The molecule has 0 saturated carbocycles. The van der Waals surface area contributed by atoms with Crippen LogP contribution < -0.4 is 5.32 Å². The molecule has 1 amide bonds. The van der Waals surface area contributed by atoms with Crippen LogP contribution in [0.1, 0.15) is 19.8 Å². The highest BCUT2D eigenvalue weighted by Gasteiger charge is 2.45. The van der Waals surface area contributed by atoms with E-state index < -0.39 is 15.3 Å². The molecule has 0 bridgehead atoms. The van der Waals surface area contributed by atoms with Crippen LogP contribution in [0.15, 0.2) is 0 Å². The molecule has 6 heteroatoms. The summed E-state index contributed by atoms with van der Waals surface area (Å²) in [6.07, 6.45) is 1.27. The Morgan fingerprint density at radius 2 is 2.19 bits per heavy atom. The zero-order chi connectivity index (χ0) is 11.8. The van der Waals surface area contributed by atoms with E-state index in [1.54, 1.807) is 0 Å². The molecule has 2 heterocycles. The normalized spacial score (nSPS) is 30.7. The minimum Gasteiger partial charge on any atom is -0.379 e. The second kappa shape index (κ2) is 4.00. The van der Waals surface area contributed by atoms with E-state index in [0.29, 0.717) is 19.6 Å². The van der Waals surface area contributed by atoms with Crippen LogP contribution in [0.2, 0.25) is 0 Å². The average molecular weight is 247 g/mol. The van der Waals surface area contributed by atoms with E-state index in [-0.39, 0.29) is 23.5 Å². The van der Waals surface area contributed by atoms with Crippen molar-refractivity contribution in [1.29, 1.82) is 0 Å². The lowest BCUT2D eigenvalue weighted by Gasteiger charge is -2.39. The molecular weight excluding hydrogens is 230 g/mol. The maximum absolute atomic E-state index is 12.0. The number of amides is 1. The van der Waals surface area contributed by atoms with Gasteiger partial charge in [0.05, 0.1) is 30.1 Å². The van der Waals surface area contributed by atoms with Crippen molar-refractivity contribution < 1.29 is 17.9 Å². The monoisotopic (exact) mass is 247 g/mol. The fourth-order valence-electron chi connectivity index (χ4n) is 2.09. The molecule has 2 aliphatic rings. The summed E-state index contributed by atoms with van der Waals surface area (Å²) in [5, 5.41) is 2.83. The summed E-state index contributed by atoms with van der Waals surface area (Å²) in [4.78, 5) is 12.0. The summed E-state index contributed by atoms with van der Waals surface area (Å²) in [6, 6.07) is -0.207. The number of carbonyl (C=O) groups is 1. The summed E-state index contributed by atoms with van der Waals surface area (Å²) in [6.45, 7) is 2.86. The smallest absolute Gasteiger partial charge is 0.231 e. The van der Waals surface area contributed by atoms with Gasteiger partial charge >= 0.3 is 0 Å². The quantitative estimate of drug-likeness (QED) is 0.744. The van der Waals surface area contributed by atoms with E-state index in [9.17, 15) is 13.2 Å². The molecule has 92 valence electrons. The second-order valence-electron chi connectivity index (χ2n) is 4.70. The number of sulfone groups is 1. The van der Waals surface area contributed by atoms with E-state index >= 15 is 0 Å². The van der Waals surface area contributed by atoms with Crippen molar-refractivity contribution in [1.82, 2.24) is 5.32 Å². The Balaban J connectivity index is 1.93. The third kappa shape index (κ3) is 2.08. The maximum Gasteiger partial charge on any atom is 0.231 e. The summed E-state index contributed by atoms with van der Waals surface area (Å²) >= 11 is 0. The number of carbonyl (C=O) groups excluding carboxylic acids is 1. The Morgan fingerprint density at radius 1 is 1.50 bits per heavy atom. The Kier molecular flexibility index (Phi) is 2.96. The van der Waals surface area contributed by atoms with E-state index in [2.05, 4.69) is 5.32 Å². The van der Waals surface area contributed by atoms with Crippen LogP contribution in [0.5, 0.6) is 0 Å². The summed E-state index contributed by atoms with van der Waals surface area (Å²) in [5.74, 6) is 0.218. The highest BCUT2D eigenvalue weighted by molar-refractivity contribution is 7.91. The van der Waals surface area contributed by atoms with E-state index in [4.69, 9.17) is 4.74 Å². The number of hydrogen-bond donors (Lipinski definition) is 1.